The number of hydrogen-bond acceptors (Lipinski definition) is 5. The fourth-order valence-corrected chi connectivity index (χ4v) is 3.05. The highest BCUT2D eigenvalue weighted by molar-refractivity contribution is 5.98. The number of aryl methyl sites for hydroxylation is 2. The molecule has 0 aliphatic rings. The van der Waals surface area contributed by atoms with Crippen LogP contribution in [0.25, 0.3) is 5.65 Å². The van der Waals surface area contributed by atoms with Crippen molar-refractivity contribution in [2.45, 2.75) is 26.7 Å². The number of carbonyl (C=O) groups excluding carboxylic acids is 2. The third-order valence-corrected chi connectivity index (χ3v) is 4.51. The Labute approximate surface area is 162 Å². The molecule has 3 aromatic rings. The number of para-hydroxylation sites is 1. The summed E-state index contributed by atoms with van der Waals surface area (Å²) in [5.74, 6) is 0.150. The van der Waals surface area contributed by atoms with Crippen LogP contribution in [0.3, 0.4) is 0 Å². The van der Waals surface area contributed by atoms with Gasteiger partial charge in [0.2, 0.25) is 5.91 Å². The molecule has 0 radical (unpaired) electrons. The van der Waals surface area contributed by atoms with Crippen LogP contribution in [0.4, 0.5) is 0 Å². The Morgan fingerprint density at radius 1 is 1.21 bits per heavy atom. The van der Waals surface area contributed by atoms with Gasteiger partial charge >= 0.3 is 0 Å². The van der Waals surface area contributed by atoms with Crippen molar-refractivity contribution in [1.82, 2.24) is 19.9 Å². The highest BCUT2D eigenvalue weighted by atomic mass is 16.5. The van der Waals surface area contributed by atoms with Crippen LogP contribution in [0.2, 0.25) is 0 Å². The first-order valence-electron chi connectivity index (χ1n) is 9.05. The molecule has 3 N–H and O–H groups in total. The molecule has 2 heterocycles. The van der Waals surface area contributed by atoms with Crippen molar-refractivity contribution in [1.29, 1.82) is 0 Å². The second-order valence-electron chi connectivity index (χ2n) is 6.43. The number of carbonyl (C=O) groups is 2. The molecule has 1 aromatic carbocycles. The van der Waals surface area contributed by atoms with Crippen LogP contribution < -0.4 is 15.8 Å². The number of ether oxygens (including phenoxy) is 1. The van der Waals surface area contributed by atoms with Crippen molar-refractivity contribution in [2.75, 3.05) is 13.2 Å². The number of aromatic nitrogens is 3. The van der Waals surface area contributed by atoms with Crippen molar-refractivity contribution in [3.8, 4) is 5.75 Å². The van der Waals surface area contributed by atoms with Gasteiger partial charge in [-0.15, -0.1) is 0 Å². The molecule has 0 fully saturated rings. The van der Waals surface area contributed by atoms with Gasteiger partial charge in [-0.1, -0.05) is 18.2 Å². The van der Waals surface area contributed by atoms with Crippen molar-refractivity contribution >= 4 is 17.5 Å². The summed E-state index contributed by atoms with van der Waals surface area (Å²) in [5.41, 5.74) is 8.62. The van der Waals surface area contributed by atoms with Crippen LogP contribution in [0, 0.1) is 13.8 Å². The smallest absolute Gasteiger partial charge is 0.254 e. The highest BCUT2D eigenvalue weighted by Gasteiger charge is 2.17. The molecule has 8 nitrogen and oxygen atoms in total. The number of primary amides is 1. The Kier molecular flexibility index (Phi) is 5.88. The molecule has 0 atom stereocenters. The first-order valence-corrected chi connectivity index (χ1v) is 9.05. The predicted octanol–water partition coefficient (Wildman–Crippen LogP) is 1.57. The molecule has 2 amide bonds. The van der Waals surface area contributed by atoms with E-state index in [1.165, 1.54) is 6.20 Å². The standard InChI is InChI=1S/C20H23N5O3/c1-13-16(14(2)25-20(24-13)17(12-23-25)19(21)27)8-9-18(26)22-10-11-28-15-6-4-3-5-7-15/h3-7,12H,8-11H2,1-2H3,(H2,21,27)(H,22,26). The Hall–Kier alpha value is -3.42. The van der Waals surface area contributed by atoms with E-state index >= 15 is 0 Å². The topological polar surface area (TPSA) is 112 Å². The average Bonchev–Trinajstić information content (AvgIpc) is 3.10. The maximum atomic E-state index is 12.1. The largest absolute Gasteiger partial charge is 0.492 e. The molecular weight excluding hydrogens is 358 g/mol. The van der Waals surface area contributed by atoms with Gasteiger partial charge in [0, 0.05) is 17.8 Å². The molecule has 28 heavy (non-hydrogen) atoms. The number of rotatable bonds is 8. The minimum Gasteiger partial charge on any atom is -0.492 e. The van der Waals surface area contributed by atoms with Gasteiger partial charge in [-0.3, -0.25) is 9.59 Å². The molecule has 0 aliphatic heterocycles. The van der Waals surface area contributed by atoms with Gasteiger partial charge in [0.25, 0.3) is 5.91 Å². The minimum atomic E-state index is -0.564. The van der Waals surface area contributed by atoms with Gasteiger partial charge in [0.05, 0.1) is 12.7 Å². The van der Waals surface area contributed by atoms with Crippen LogP contribution in [-0.2, 0) is 11.2 Å². The van der Waals surface area contributed by atoms with E-state index in [0.29, 0.717) is 31.6 Å². The summed E-state index contributed by atoms with van der Waals surface area (Å²) in [5, 5.41) is 7.04. The quantitative estimate of drug-likeness (QED) is 0.575. The van der Waals surface area contributed by atoms with E-state index in [2.05, 4.69) is 15.4 Å². The number of hydrogen-bond donors (Lipinski definition) is 2. The van der Waals surface area contributed by atoms with Crippen molar-refractivity contribution in [2.24, 2.45) is 5.73 Å². The zero-order valence-corrected chi connectivity index (χ0v) is 15.9. The van der Waals surface area contributed by atoms with Gasteiger partial charge in [-0.2, -0.15) is 5.10 Å². The van der Waals surface area contributed by atoms with Crippen LogP contribution in [0.5, 0.6) is 5.75 Å². The van der Waals surface area contributed by atoms with Crippen molar-refractivity contribution in [3.05, 3.63) is 59.0 Å². The highest BCUT2D eigenvalue weighted by Crippen LogP contribution is 2.18. The molecular formula is C20H23N5O3. The lowest BCUT2D eigenvalue weighted by atomic mass is 10.1. The molecule has 146 valence electrons. The Bertz CT molecular complexity index is 998. The predicted molar refractivity (Wildman–Crippen MR) is 104 cm³/mol. The van der Waals surface area contributed by atoms with Gasteiger partial charge < -0.3 is 15.8 Å². The fourth-order valence-electron chi connectivity index (χ4n) is 3.05. The summed E-state index contributed by atoms with van der Waals surface area (Å²) in [6.45, 7) is 4.58. The summed E-state index contributed by atoms with van der Waals surface area (Å²) in [4.78, 5) is 28.1. The third kappa shape index (κ3) is 4.28. The van der Waals surface area contributed by atoms with Gasteiger partial charge in [-0.25, -0.2) is 9.50 Å². The summed E-state index contributed by atoms with van der Waals surface area (Å²) in [6, 6.07) is 9.46. The Morgan fingerprint density at radius 2 is 1.96 bits per heavy atom. The van der Waals surface area contributed by atoms with Crippen LogP contribution in [-0.4, -0.2) is 39.6 Å². The summed E-state index contributed by atoms with van der Waals surface area (Å²) < 4.78 is 7.14. The maximum Gasteiger partial charge on any atom is 0.254 e. The fraction of sp³-hybridized carbons (Fsp3) is 0.300. The summed E-state index contributed by atoms with van der Waals surface area (Å²) in [7, 11) is 0. The number of nitrogens with one attached hydrogen (secondary N) is 1. The lowest BCUT2D eigenvalue weighted by Gasteiger charge is -2.12. The number of nitrogens with two attached hydrogens (primary N) is 1. The minimum absolute atomic E-state index is 0.0613. The average molecular weight is 381 g/mol. The molecule has 3 rings (SSSR count). The van der Waals surface area contributed by atoms with E-state index < -0.39 is 5.91 Å². The van der Waals surface area contributed by atoms with E-state index in [1.54, 1.807) is 4.52 Å². The van der Waals surface area contributed by atoms with E-state index in [9.17, 15) is 9.59 Å². The van der Waals surface area contributed by atoms with E-state index in [-0.39, 0.29) is 11.5 Å². The second-order valence-corrected chi connectivity index (χ2v) is 6.43. The zero-order valence-electron chi connectivity index (χ0n) is 15.9. The van der Waals surface area contributed by atoms with E-state index in [4.69, 9.17) is 10.5 Å². The van der Waals surface area contributed by atoms with Crippen molar-refractivity contribution < 1.29 is 14.3 Å². The molecule has 0 saturated heterocycles. The zero-order chi connectivity index (χ0) is 20.1. The first-order chi connectivity index (χ1) is 13.5. The second kappa shape index (κ2) is 8.51. The maximum absolute atomic E-state index is 12.1. The lowest BCUT2D eigenvalue weighted by Crippen LogP contribution is -2.28. The first kappa shape index (κ1) is 19.3. The van der Waals surface area contributed by atoms with E-state index in [1.807, 2.05) is 44.2 Å². The van der Waals surface area contributed by atoms with Gasteiger partial charge in [-0.05, 0) is 38.0 Å². The van der Waals surface area contributed by atoms with E-state index in [0.717, 1.165) is 22.7 Å². The van der Waals surface area contributed by atoms with Crippen LogP contribution in [0.1, 0.15) is 33.7 Å². The summed E-state index contributed by atoms with van der Waals surface area (Å²) in [6.07, 6.45) is 2.27. The van der Waals surface area contributed by atoms with Crippen LogP contribution >= 0.6 is 0 Å². The monoisotopic (exact) mass is 381 g/mol. The van der Waals surface area contributed by atoms with Crippen molar-refractivity contribution in [3.63, 3.8) is 0 Å². The number of nitrogens with zero attached hydrogens (tertiary/aromatic N) is 3. The lowest BCUT2D eigenvalue weighted by molar-refractivity contribution is -0.121. The molecule has 0 bridgehead atoms. The molecule has 0 spiro atoms. The molecule has 0 unspecified atom stereocenters. The van der Waals surface area contributed by atoms with Gasteiger partial charge in [0.15, 0.2) is 5.65 Å². The third-order valence-electron chi connectivity index (χ3n) is 4.51. The molecule has 8 heteroatoms. The normalized spacial score (nSPS) is 10.8. The van der Waals surface area contributed by atoms with Crippen LogP contribution in [0.15, 0.2) is 36.5 Å². The molecule has 0 saturated carbocycles. The number of amides is 2. The molecule has 0 aliphatic carbocycles. The van der Waals surface area contributed by atoms with Gasteiger partial charge in [0.1, 0.15) is 17.9 Å². The Morgan fingerprint density at radius 3 is 2.68 bits per heavy atom. The Balaban J connectivity index is 1.56. The molecule has 2 aromatic heterocycles. The number of benzene rings is 1. The summed E-state index contributed by atoms with van der Waals surface area (Å²) >= 11 is 0. The SMILES string of the molecule is Cc1nc2c(C(N)=O)cnn2c(C)c1CCC(=O)NCCOc1ccccc1. The number of fused-ring (bicyclic) bond motifs is 1.